The molecule has 0 amide bonds. The molecule has 0 aliphatic rings. The van der Waals surface area contributed by atoms with Crippen molar-refractivity contribution in [2.75, 3.05) is 12.4 Å². The Balaban J connectivity index is 2.95. The first-order chi connectivity index (χ1) is 6.42. The molecule has 14 heavy (non-hydrogen) atoms. The number of hydrogen-bond acceptors (Lipinski definition) is 2. The summed E-state index contributed by atoms with van der Waals surface area (Å²) in [5.41, 5.74) is 0.339. The van der Waals surface area contributed by atoms with Crippen LogP contribution in [0.5, 0.6) is 5.75 Å². The summed E-state index contributed by atoms with van der Waals surface area (Å²) in [7, 11) is 1.50. The Hall–Kier alpha value is -1.46. The van der Waals surface area contributed by atoms with E-state index in [0.29, 0.717) is 5.69 Å². The van der Waals surface area contributed by atoms with E-state index in [1.54, 1.807) is 0 Å². The van der Waals surface area contributed by atoms with E-state index in [4.69, 9.17) is 0 Å². The maximum atomic E-state index is 12.8. The molecule has 0 spiro atoms. The second kappa shape index (κ2) is 3.73. The van der Waals surface area contributed by atoms with Crippen LogP contribution in [-0.4, -0.2) is 13.4 Å². The summed E-state index contributed by atoms with van der Waals surface area (Å²) in [6.07, 6.45) is -4.88. The Morgan fingerprint density at radius 1 is 1.29 bits per heavy atom. The molecule has 0 unspecified atom stereocenters. The van der Waals surface area contributed by atoms with Crippen LogP contribution in [0.2, 0.25) is 0 Å². The van der Waals surface area contributed by atoms with Crippen molar-refractivity contribution < 1.29 is 22.3 Å². The van der Waals surface area contributed by atoms with Crippen LogP contribution < -0.4 is 10.1 Å². The Labute approximate surface area is 77.5 Å². The number of anilines is 1. The molecule has 6 heteroatoms. The van der Waals surface area contributed by atoms with Crippen LogP contribution in [0, 0.1) is 5.82 Å². The molecule has 0 aromatic heterocycles. The first-order valence-electron chi connectivity index (χ1n) is 3.65. The van der Waals surface area contributed by atoms with Crippen LogP contribution >= 0.6 is 0 Å². The lowest BCUT2D eigenvalue weighted by molar-refractivity contribution is -0.275. The average Bonchev–Trinajstić information content (AvgIpc) is 2.06. The maximum Gasteiger partial charge on any atom is 0.573 e. The first-order valence-corrected chi connectivity index (χ1v) is 3.65. The van der Waals surface area contributed by atoms with Gasteiger partial charge in [-0.3, -0.25) is 0 Å². The zero-order chi connectivity index (χ0) is 10.8. The number of ether oxygens (including phenoxy) is 1. The van der Waals surface area contributed by atoms with Crippen LogP contribution in [0.15, 0.2) is 18.2 Å². The molecule has 0 aliphatic heterocycles. The number of nitrogens with one attached hydrogen (secondary N) is 1. The minimum absolute atomic E-state index is 0.339. The highest BCUT2D eigenvalue weighted by Gasteiger charge is 2.32. The average molecular weight is 209 g/mol. The van der Waals surface area contributed by atoms with Crippen LogP contribution in [0.1, 0.15) is 0 Å². The topological polar surface area (TPSA) is 21.3 Å². The van der Waals surface area contributed by atoms with Crippen molar-refractivity contribution >= 4 is 5.69 Å². The van der Waals surface area contributed by atoms with Crippen molar-refractivity contribution in [1.82, 2.24) is 0 Å². The van der Waals surface area contributed by atoms with E-state index in [1.807, 2.05) is 0 Å². The van der Waals surface area contributed by atoms with Crippen LogP contribution in [0.3, 0.4) is 0 Å². The SMILES string of the molecule is CNc1ccc(F)c(OC(F)(F)F)c1. The van der Waals surface area contributed by atoms with Gasteiger partial charge in [0.05, 0.1) is 0 Å². The van der Waals surface area contributed by atoms with Gasteiger partial charge < -0.3 is 10.1 Å². The zero-order valence-electron chi connectivity index (χ0n) is 7.15. The Morgan fingerprint density at radius 2 is 1.93 bits per heavy atom. The highest BCUT2D eigenvalue weighted by atomic mass is 19.4. The van der Waals surface area contributed by atoms with E-state index in [-0.39, 0.29) is 0 Å². The number of hydrogen-bond donors (Lipinski definition) is 1. The molecule has 0 fully saturated rings. The molecule has 0 heterocycles. The van der Waals surface area contributed by atoms with Gasteiger partial charge in [0.15, 0.2) is 11.6 Å². The molecule has 0 saturated heterocycles. The predicted molar refractivity (Wildman–Crippen MR) is 42.6 cm³/mol. The molecule has 78 valence electrons. The first kappa shape index (κ1) is 10.6. The Bertz CT molecular complexity index is 324. The fourth-order valence-electron chi connectivity index (χ4n) is 0.862. The van der Waals surface area contributed by atoms with Crippen molar-refractivity contribution in [2.45, 2.75) is 6.36 Å². The molecular formula is C8H7F4NO. The summed E-state index contributed by atoms with van der Waals surface area (Å²) in [6, 6.07) is 3.13. The molecule has 1 aromatic rings. The number of benzene rings is 1. The standard InChI is InChI=1S/C8H7F4NO/c1-13-5-2-3-6(9)7(4-5)14-8(10,11)12/h2-4,13H,1H3. The second-order valence-electron chi connectivity index (χ2n) is 2.44. The van der Waals surface area contributed by atoms with Gasteiger partial charge in [-0.15, -0.1) is 13.2 Å². The lowest BCUT2D eigenvalue weighted by Crippen LogP contribution is -2.18. The van der Waals surface area contributed by atoms with E-state index in [2.05, 4.69) is 10.1 Å². The summed E-state index contributed by atoms with van der Waals surface area (Å²) in [5, 5.41) is 2.57. The highest BCUT2D eigenvalue weighted by Crippen LogP contribution is 2.27. The van der Waals surface area contributed by atoms with Gasteiger partial charge in [-0.1, -0.05) is 0 Å². The van der Waals surface area contributed by atoms with Gasteiger partial charge in [-0.05, 0) is 12.1 Å². The van der Waals surface area contributed by atoms with E-state index in [0.717, 1.165) is 12.1 Å². The normalized spacial score (nSPS) is 11.2. The molecule has 0 bridgehead atoms. The second-order valence-corrected chi connectivity index (χ2v) is 2.44. The van der Waals surface area contributed by atoms with Gasteiger partial charge in [0, 0.05) is 18.8 Å². The van der Waals surface area contributed by atoms with Crippen molar-refractivity contribution in [3.8, 4) is 5.75 Å². The Morgan fingerprint density at radius 3 is 2.43 bits per heavy atom. The van der Waals surface area contributed by atoms with Crippen molar-refractivity contribution in [2.24, 2.45) is 0 Å². The summed E-state index contributed by atoms with van der Waals surface area (Å²) < 4.78 is 51.5. The monoisotopic (exact) mass is 209 g/mol. The van der Waals surface area contributed by atoms with Gasteiger partial charge in [0.2, 0.25) is 0 Å². The molecule has 1 aromatic carbocycles. The fourth-order valence-corrected chi connectivity index (χ4v) is 0.862. The minimum atomic E-state index is -4.88. The summed E-state index contributed by atoms with van der Waals surface area (Å²) in [5.74, 6) is -1.90. The van der Waals surface area contributed by atoms with Crippen molar-refractivity contribution in [3.05, 3.63) is 24.0 Å². The summed E-state index contributed by atoms with van der Waals surface area (Å²) in [6.45, 7) is 0. The minimum Gasteiger partial charge on any atom is -0.403 e. The quantitative estimate of drug-likeness (QED) is 0.756. The summed E-state index contributed by atoms with van der Waals surface area (Å²) >= 11 is 0. The molecule has 1 N–H and O–H groups in total. The molecule has 2 nitrogen and oxygen atoms in total. The van der Waals surface area contributed by atoms with E-state index in [9.17, 15) is 17.6 Å². The smallest absolute Gasteiger partial charge is 0.403 e. The lowest BCUT2D eigenvalue weighted by Gasteiger charge is -2.10. The van der Waals surface area contributed by atoms with E-state index >= 15 is 0 Å². The van der Waals surface area contributed by atoms with E-state index in [1.165, 1.54) is 13.1 Å². The van der Waals surface area contributed by atoms with Gasteiger partial charge in [0.1, 0.15) is 0 Å². The van der Waals surface area contributed by atoms with Crippen LogP contribution in [0.25, 0.3) is 0 Å². The highest BCUT2D eigenvalue weighted by molar-refractivity contribution is 5.48. The largest absolute Gasteiger partial charge is 0.573 e. The van der Waals surface area contributed by atoms with Crippen LogP contribution in [0.4, 0.5) is 23.2 Å². The molecule has 0 saturated carbocycles. The Kier molecular flexibility index (Phi) is 2.83. The predicted octanol–water partition coefficient (Wildman–Crippen LogP) is 2.77. The zero-order valence-corrected chi connectivity index (χ0v) is 7.15. The molecular weight excluding hydrogens is 202 g/mol. The molecule has 0 radical (unpaired) electrons. The van der Waals surface area contributed by atoms with Gasteiger partial charge in [0.25, 0.3) is 0 Å². The van der Waals surface area contributed by atoms with Crippen LogP contribution in [-0.2, 0) is 0 Å². The van der Waals surface area contributed by atoms with Crippen molar-refractivity contribution in [3.63, 3.8) is 0 Å². The molecule has 0 atom stereocenters. The number of rotatable bonds is 2. The number of alkyl halides is 3. The third kappa shape index (κ3) is 2.79. The fraction of sp³-hybridized carbons (Fsp3) is 0.250. The maximum absolute atomic E-state index is 12.8. The third-order valence-corrected chi connectivity index (χ3v) is 1.45. The lowest BCUT2D eigenvalue weighted by atomic mass is 10.3. The number of halogens is 4. The van der Waals surface area contributed by atoms with Crippen molar-refractivity contribution in [1.29, 1.82) is 0 Å². The molecule has 0 aliphatic carbocycles. The van der Waals surface area contributed by atoms with Gasteiger partial charge >= 0.3 is 6.36 Å². The van der Waals surface area contributed by atoms with E-state index < -0.39 is 17.9 Å². The van der Waals surface area contributed by atoms with Gasteiger partial charge in [-0.2, -0.15) is 0 Å². The summed E-state index contributed by atoms with van der Waals surface area (Å²) in [4.78, 5) is 0. The molecule has 1 rings (SSSR count). The van der Waals surface area contributed by atoms with Gasteiger partial charge in [-0.25, -0.2) is 4.39 Å². The third-order valence-electron chi connectivity index (χ3n) is 1.45.